The molecule has 2 nitrogen and oxygen atoms in total. The van der Waals surface area contributed by atoms with E-state index in [0.29, 0.717) is 5.02 Å². The topological polar surface area (TPSA) is 37.3 Å². The van der Waals surface area contributed by atoms with Crippen LogP contribution in [0.1, 0.15) is 18.4 Å². The molecule has 0 spiro atoms. The fourth-order valence-corrected chi connectivity index (χ4v) is 2.11. The van der Waals surface area contributed by atoms with Gasteiger partial charge in [-0.05, 0) is 23.9 Å². The van der Waals surface area contributed by atoms with E-state index in [9.17, 15) is 4.79 Å². The molecule has 0 aliphatic carbocycles. The summed E-state index contributed by atoms with van der Waals surface area (Å²) in [6.45, 7) is 1.67. The second kappa shape index (κ2) is 4.14. The fourth-order valence-electron chi connectivity index (χ4n) is 1.82. The van der Waals surface area contributed by atoms with Crippen LogP contribution in [0.2, 0.25) is 5.02 Å². The summed E-state index contributed by atoms with van der Waals surface area (Å²) in [6.07, 6.45) is 0. The lowest BCUT2D eigenvalue weighted by Crippen LogP contribution is -2.07. The molecule has 0 radical (unpaired) electrons. The maximum absolute atomic E-state index is 11.0. The smallest absolute Gasteiger partial charge is 0.310 e. The maximum Gasteiger partial charge on any atom is 0.310 e. The number of carboxylic acid groups (broad SMARTS) is 1. The van der Waals surface area contributed by atoms with Crippen molar-refractivity contribution in [2.75, 3.05) is 0 Å². The molecule has 1 atom stereocenters. The first-order valence-corrected chi connectivity index (χ1v) is 5.39. The summed E-state index contributed by atoms with van der Waals surface area (Å²) < 4.78 is 0. The van der Waals surface area contributed by atoms with Crippen molar-refractivity contribution in [2.45, 2.75) is 12.8 Å². The van der Waals surface area contributed by atoms with Crippen molar-refractivity contribution in [3.63, 3.8) is 0 Å². The van der Waals surface area contributed by atoms with Crippen LogP contribution in [0, 0.1) is 0 Å². The number of fused-ring (bicyclic) bond motifs is 1. The van der Waals surface area contributed by atoms with Gasteiger partial charge in [-0.3, -0.25) is 4.79 Å². The maximum atomic E-state index is 11.0. The number of hydrogen-bond acceptors (Lipinski definition) is 1. The van der Waals surface area contributed by atoms with Crippen LogP contribution >= 0.6 is 11.6 Å². The van der Waals surface area contributed by atoms with E-state index >= 15 is 0 Å². The minimum Gasteiger partial charge on any atom is -0.481 e. The van der Waals surface area contributed by atoms with Crippen LogP contribution in [0.5, 0.6) is 0 Å². The van der Waals surface area contributed by atoms with Crippen LogP contribution in [0.15, 0.2) is 36.4 Å². The molecule has 82 valence electrons. The van der Waals surface area contributed by atoms with Crippen LogP contribution in [0.4, 0.5) is 0 Å². The van der Waals surface area contributed by atoms with E-state index in [0.717, 1.165) is 16.3 Å². The third kappa shape index (κ3) is 1.76. The highest BCUT2D eigenvalue weighted by Crippen LogP contribution is 2.31. The first-order chi connectivity index (χ1) is 7.61. The van der Waals surface area contributed by atoms with Crippen LogP contribution < -0.4 is 0 Å². The van der Waals surface area contributed by atoms with Gasteiger partial charge in [-0.15, -0.1) is 0 Å². The normalized spacial score (nSPS) is 12.6. The van der Waals surface area contributed by atoms with Gasteiger partial charge in [0.25, 0.3) is 0 Å². The molecule has 2 rings (SSSR count). The van der Waals surface area contributed by atoms with Gasteiger partial charge < -0.3 is 5.11 Å². The summed E-state index contributed by atoms with van der Waals surface area (Å²) in [5.41, 5.74) is 0.760. The fraction of sp³-hybridized carbons (Fsp3) is 0.154. The van der Waals surface area contributed by atoms with E-state index in [1.807, 2.05) is 30.3 Å². The van der Waals surface area contributed by atoms with Crippen molar-refractivity contribution >= 4 is 28.3 Å². The monoisotopic (exact) mass is 234 g/mol. The minimum absolute atomic E-state index is 0.552. The van der Waals surface area contributed by atoms with Gasteiger partial charge in [0.05, 0.1) is 5.92 Å². The third-order valence-electron chi connectivity index (χ3n) is 2.72. The molecule has 2 aromatic carbocycles. The van der Waals surface area contributed by atoms with E-state index in [2.05, 4.69) is 0 Å². The van der Waals surface area contributed by atoms with Gasteiger partial charge >= 0.3 is 5.97 Å². The Bertz CT molecular complexity index is 543. The number of benzene rings is 2. The highest BCUT2D eigenvalue weighted by Gasteiger charge is 2.17. The first-order valence-electron chi connectivity index (χ1n) is 5.01. The molecular formula is C13H11ClO2. The molecule has 2 aromatic rings. The van der Waals surface area contributed by atoms with E-state index < -0.39 is 11.9 Å². The molecule has 16 heavy (non-hydrogen) atoms. The molecule has 1 N–H and O–H groups in total. The zero-order valence-electron chi connectivity index (χ0n) is 8.77. The Morgan fingerprint density at radius 3 is 2.50 bits per heavy atom. The molecular weight excluding hydrogens is 224 g/mol. The van der Waals surface area contributed by atoms with E-state index in [1.54, 1.807) is 13.0 Å². The van der Waals surface area contributed by atoms with Crippen molar-refractivity contribution in [1.29, 1.82) is 0 Å². The zero-order chi connectivity index (χ0) is 11.7. The molecule has 0 fully saturated rings. The van der Waals surface area contributed by atoms with Crippen molar-refractivity contribution in [2.24, 2.45) is 0 Å². The molecule has 1 unspecified atom stereocenters. The average Bonchev–Trinajstić information content (AvgIpc) is 2.27. The van der Waals surface area contributed by atoms with Crippen molar-refractivity contribution in [3.8, 4) is 0 Å². The summed E-state index contributed by atoms with van der Waals surface area (Å²) in [7, 11) is 0. The van der Waals surface area contributed by atoms with Crippen molar-refractivity contribution in [1.82, 2.24) is 0 Å². The van der Waals surface area contributed by atoms with Gasteiger partial charge in [0.2, 0.25) is 0 Å². The second-order valence-electron chi connectivity index (χ2n) is 3.75. The highest BCUT2D eigenvalue weighted by atomic mass is 35.5. The van der Waals surface area contributed by atoms with Gasteiger partial charge in [0, 0.05) is 10.4 Å². The number of aliphatic carboxylic acids is 1. The number of carboxylic acids is 1. The molecule has 3 heteroatoms. The molecule has 0 saturated carbocycles. The Kier molecular flexibility index (Phi) is 2.84. The standard InChI is InChI=1S/C13H11ClO2/c1-8(13(15)16)10-6-2-4-9-5-3-7-11(14)12(9)10/h2-8H,1H3,(H,15,16). The van der Waals surface area contributed by atoms with E-state index in [-0.39, 0.29) is 0 Å². The minimum atomic E-state index is -0.840. The summed E-state index contributed by atoms with van der Waals surface area (Å²) in [6, 6.07) is 11.2. The summed E-state index contributed by atoms with van der Waals surface area (Å²) in [5, 5.41) is 11.4. The van der Waals surface area contributed by atoms with Crippen LogP contribution in [0.3, 0.4) is 0 Å². The second-order valence-corrected chi connectivity index (χ2v) is 4.15. The third-order valence-corrected chi connectivity index (χ3v) is 3.04. The predicted molar refractivity (Wildman–Crippen MR) is 65.0 cm³/mol. The Hall–Kier alpha value is -1.54. The van der Waals surface area contributed by atoms with Crippen molar-refractivity contribution < 1.29 is 9.90 Å². The summed E-state index contributed by atoms with van der Waals surface area (Å²) in [5.74, 6) is -1.39. The van der Waals surface area contributed by atoms with Gasteiger partial charge in [-0.2, -0.15) is 0 Å². The van der Waals surface area contributed by atoms with Crippen LogP contribution in [0.25, 0.3) is 10.8 Å². The Morgan fingerprint density at radius 1 is 1.25 bits per heavy atom. The zero-order valence-corrected chi connectivity index (χ0v) is 9.53. The number of halogens is 1. The molecule has 0 amide bonds. The Labute approximate surface area is 98.5 Å². The molecule has 0 saturated heterocycles. The first kappa shape index (κ1) is 11.0. The highest BCUT2D eigenvalue weighted by molar-refractivity contribution is 6.35. The van der Waals surface area contributed by atoms with Gasteiger partial charge in [0.15, 0.2) is 0 Å². The Morgan fingerprint density at radius 2 is 1.88 bits per heavy atom. The van der Waals surface area contributed by atoms with Gasteiger partial charge in [-0.25, -0.2) is 0 Å². The average molecular weight is 235 g/mol. The SMILES string of the molecule is CC(C(=O)O)c1cccc2cccc(Cl)c12. The number of rotatable bonds is 2. The largest absolute Gasteiger partial charge is 0.481 e. The lowest BCUT2D eigenvalue weighted by Gasteiger charge is -2.11. The van der Waals surface area contributed by atoms with Gasteiger partial charge in [0.1, 0.15) is 0 Å². The van der Waals surface area contributed by atoms with E-state index in [1.165, 1.54) is 0 Å². The molecule has 0 heterocycles. The summed E-state index contributed by atoms with van der Waals surface area (Å²) >= 11 is 6.12. The molecule has 0 aliphatic rings. The lowest BCUT2D eigenvalue weighted by molar-refractivity contribution is -0.138. The summed E-state index contributed by atoms with van der Waals surface area (Å²) in [4.78, 5) is 11.0. The van der Waals surface area contributed by atoms with E-state index in [4.69, 9.17) is 16.7 Å². The number of hydrogen-bond donors (Lipinski definition) is 1. The van der Waals surface area contributed by atoms with Crippen LogP contribution in [-0.2, 0) is 4.79 Å². The van der Waals surface area contributed by atoms with Crippen LogP contribution in [-0.4, -0.2) is 11.1 Å². The lowest BCUT2D eigenvalue weighted by atomic mass is 9.95. The molecule has 0 aromatic heterocycles. The predicted octanol–water partition coefficient (Wildman–Crippen LogP) is 3.68. The van der Waals surface area contributed by atoms with Crippen molar-refractivity contribution in [3.05, 3.63) is 47.0 Å². The number of carbonyl (C=O) groups is 1. The quantitative estimate of drug-likeness (QED) is 0.861. The Balaban J connectivity index is 2.75. The molecule has 0 aliphatic heterocycles. The van der Waals surface area contributed by atoms with Gasteiger partial charge in [-0.1, -0.05) is 41.9 Å². The molecule has 0 bridgehead atoms.